The Labute approximate surface area is 108 Å². The SMILES string of the molecule is C=CCCCN1C(=O)C(=O)c2cc(Br)ccc21. The number of hydrogen-bond acceptors (Lipinski definition) is 2. The Morgan fingerprint density at radius 3 is 2.82 bits per heavy atom. The molecule has 88 valence electrons. The molecule has 0 unspecified atom stereocenters. The number of Topliss-reactive ketones (excluding diaryl/α,β-unsaturated/α-hetero) is 1. The third kappa shape index (κ3) is 2.17. The Kier molecular flexibility index (Phi) is 3.43. The zero-order valence-corrected chi connectivity index (χ0v) is 10.9. The van der Waals surface area contributed by atoms with E-state index in [1.165, 1.54) is 0 Å². The first-order valence-electron chi connectivity index (χ1n) is 5.42. The summed E-state index contributed by atoms with van der Waals surface area (Å²) in [5.41, 5.74) is 1.20. The number of halogens is 1. The lowest BCUT2D eigenvalue weighted by molar-refractivity contribution is -0.114. The second-order valence-corrected chi connectivity index (χ2v) is 4.79. The normalized spacial score (nSPS) is 14.1. The average Bonchev–Trinajstić information content (AvgIpc) is 2.54. The molecule has 0 spiro atoms. The van der Waals surface area contributed by atoms with E-state index >= 15 is 0 Å². The van der Waals surface area contributed by atoms with Crippen molar-refractivity contribution in [1.29, 1.82) is 0 Å². The molecule has 1 aliphatic rings. The number of carbonyl (C=O) groups is 2. The number of unbranched alkanes of at least 4 members (excludes halogenated alkanes) is 1. The Bertz CT molecular complexity index is 496. The highest BCUT2D eigenvalue weighted by Crippen LogP contribution is 2.31. The highest BCUT2D eigenvalue weighted by atomic mass is 79.9. The summed E-state index contributed by atoms with van der Waals surface area (Å²) in [5, 5.41) is 0. The number of ketones is 1. The fourth-order valence-corrected chi connectivity index (χ4v) is 2.25. The molecule has 1 aromatic rings. The van der Waals surface area contributed by atoms with Gasteiger partial charge in [0.25, 0.3) is 11.7 Å². The van der Waals surface area contributed by atoms with Crippen LogP contribution in [0.2, 0.25) is 0 Å². The minimum Gasteiger partial charge on any atom is -0.305 e. The number of amides is 1. The Hall–Kier alpha value is -1.42. The first kappa shape index (κ1) is 12.0. The number of benzene rings is 1. The molecule has 0 aromatic heterocycles. The zero-order valence-electron chi connectivity index (χ0n) is 9.28. The number of carbonyl (C=O) groups excluding carboxylic acids is 2. The fraction of sp³-hybridized carbons (Fsp3) is 0.231. The van der Waals surface area contributed by atoms with E-state index in [0.717, 1.165) is 17.3 Å². The summed E-state index contributed by atoms with van der Waals surface area (Å²) in [7, 11) is 0. The van der Waals surface area contributed by atoms with Crippen LogP contribution >= 0.6 is 15.9 Å². The van der Waals surface area contributed by atoms with E-state index in [1.807, 2.05) is 12.1 Å². The van der Waals surface area contributed by atoms with Crippen LogP contribution in [0.15, 0.2) is 35.3 Å². The van der Waals surface area contributed by atoms with Gasteiger partial charge >= 0.3 is 0 Å². The Morgan fingerprint density at radius 2 is 2.12 bits per heavy atom. The van der Waals surface area contributed by atoms with Gasteiger partial charge in [0.15, 0.2) is 0 Å². The van der Waals surface area contributed by atoms with Gasteiger partial charge in [-0.1, -0.05) is 22.0 Å². The lowest BCUT2D eigenvalue weighted by Gasteiger charge is -2.15. The lowest BCUT2D eigenvalue weighted by Crippen LogP contribution is -2.30. The molecule has 0 fully saturated rings. The summed E-state index contributed by atoms with van der Waals surface area (Å²) in [5.74, 6) is -0.845. The number of anilines is 1. The summed E-state index contributed by atoms with van der Waals surface area (Å²) in [6.45, 7) is 4.20. The molecule has 0 radical (unpaired) electrons. The van der Waals surface area contributed by atoms with E-state index in [9.17, 15) is 9.59 Å². The van der Waals surface area contributed by atoms with Crippen LogP contribution in [0, 0.1) is 0 Å². The highest BCUT2D eigenvalue weighted by molar-refractivity contribution is 9.10. The van der Waals surface area contributed by atoms with Gasteiger partial charge < -0.3 is 4.90 Å². The largest absolute Gasteiger partial charge is 0.305 e. The van der Waals surface area contributed by atoms with Gasteiger partial charge in [0.05, 0.1) is 11.3 Å². The van der Waals surface area contributed by atoms with Gasteiger partial charge in [0.2, 0.25) is 0 Å². The van der Waals surface area contributed by atoms with Crippen LogP contribution in [-0.2, 0) is 4.79 Å². The number of hydrogen-bond donors (Lipinski definition) is 0. The second-order valence-electron chi connectivity index (χ2n) is 3.88. The summed E-state index contributed by atoms with van der Waals surface area (Å²) in [4.78, 5) is 25.1. The second kappa shape index (κ2) is 4.84. The van der Waals surface area contributed by atoms with Crippen LogP contribution in [0.1, 0.15) is 23.2 Å². The first-order valence-corrected chi connectivity index (χ1v) is 6.21. The summed E-state index contributed by atoms with van der Waals surface area (Å²) < 4.78 is 0.811. The molecule has 0 bridgehead atoms. The zero-order chi connectivity index (χ0) is 12.4. The molecule has 0 N–H and O–H groups in total. The minimum absolute atomic E-state index is 0.417. The molecular weight excluding hydrogens is 282 g/mol. The topological polar surface area (TPSA) is 37.4 Å². The quantitative estimate of drug-likeness (QED) is 0.486. The number of nitrogens with zero attached hydrogens (tertiary/aromatic N) is 1. The van der Waals surface area contributed by atoms with Crippen LogP contribution in [0.25, 0.3) is 0 Å². The standard InChI is InChI=1S/C13H12BrNO2/c1-2-3-4-7-15-11-6-5-9(14)8-10(11)12(16)13(15)17/h2,5-6,8H,1,3-4,7H2. The highest BCUT2D eigenvalue weighted by Gasteiger charge is 2.35. The first-order chi connectivity index (χ1) is 8.15. The van der Waals surface area contributed by atoms with Gasteiger partial charge in [-0.25, -0.2) is 0 Å². The number of allylic oxidation sites excluding steroid dienone is 1. The van der Waals surface area contributed by atoms with Crippen LogP contribution in [0.3, 0.4) is 0 Å². The molecule has 0 saturated carbocycles. The van der Waals surface area contributed by atoms with Crippen molar-refractivity contribution < 1.29 is 9.59 Å². The van der Waals surface area contributed by atoms with Crippen molar-refractivity contribution in [2.75, 3.05) is 11.4 Å². The van der Waals surface area contributed by atoms with E-state index in [4.69, 9.17) is 0 Å². The maximum Gasteiger partial charge on any atom is 0.299 e. The smallest absolute Gasteiger partial charge is 0.299 e. The van der Waals surface area contributed by atoms with Gasteiger partial charge in [0, 0.05) is 11.0 Å². The molecule has 2 rings (SSSR count). The molecule has 0 saturated heterocycles. The van der Waals surface area contributed by atoms with Crippen LogP contribution in [0.4, 0.5) is 5.69 Å². The van der Waals surface area contributed by atoms with Crippen molar-refractivity contribution in [2.45, 2.75) is 12.8 Å². The number of fused-ring (bicyclic) bond motifs is 1. The van der Waals surface area contributed by atoms with Crippen LogP contribution in [-0.4, -0.2) is 18.2 Å². The van der Waals surface area contributed by atoms with E-state index < -0.39 is 11.7 Å². The van der Waals surface area contributed by atoms with E-state index in [-0.39, 0.29) is 0 Å². The molecular formula is C13H12BrNO2. The van der Waals surface area contributed by atoms with E-state index in [1.54, 1.807) is 17.0 Å². The summed E-state index contributed by atoms with van der Waals surface area (Å²) in [6.07, 6.45) is 3.46. The molecule has 0 atom stereocenters. The molecule has 1 heterocycles. The molecule has 4 heteroatoms. The maximum absolute atomic E-state index is 11.8. The summed E-state index contributed by atoms with van der Waals surface area (Å²) in [6, 6.07) is 5.34. The van der Waals surface area contributed by atoms with Gasteiger partial charge in [-0.2, -0.15) is 0 Å². The summed E-state index contributed by atoms with van der Waals surface area (Å²) >= 11 is 3.30. The molecule has 1 amide bonds. The van der Waals surface area contributed by atoms with Gasteiger partial charge in [-0.05, 0) is 31.0 Å². The maximum atomic E-state index is 11.8. The van der Waals surface area contributed by atoms with Crippen molar-refractivity contribution in [3.8, 4) is 0 Å². The predicted molar refractivity (Wildman–Crippen MR) is 70.3 cm³/mol. The predicted octanol–water partition coefficient (Wildman–Crippen LogP) is 2.94. The van der Waals surface area contributed by atoms with Crippen molar-refractivity contribution in [3.05, 3.63) is 40.9 Å². The van der Waals surface area contributed by atoms with Gasteiger partial charge in [0.1, 0.15) is 0 Å². The third-order valence-corrected chi connectivity index (χ3v) is 3.22. The van der Waals surface area contributed by atoms with Crippen molar-refractivity contribution in [1.82, 2.24) is 0 Å². The van der Waals surface area contributed by atoms with Gasteiger partial charge in [-0.15, -0.1) is 6.58 Å². The molecule has 1 aliphatic heterocycles. The Balaban J connectivity index is 2.28. The molecule has 3 nitrogen and oxygen atoms in total. The third-order valence-electron chi connectivity index (χ3n) is 2.72. The van der Waals surface area contributed by atoms with Gasteiger partial charge in [-0.3, -0.25) is 9.59 Å². The van der Waals surface area contributed by atoms with Crippen molar-refractivity contribution in [2.24, 2.45) is 0 Å². The molecule has 1 aromatic carbocycles. The molecule has 0 aliphatic carbocycles. The van der Waals surface area contributed by atoms with Crippen LogP contribution < -0.4 is 4.90 Å². The lowest BCUT2D eigenvalue weighted by atomic mass is 10.1. The van der Waals surface area contributed by atoms with E-state index in [0.29, 0.717) is 17.8 Å². The monoisotopic (exact) mass is 293 g/mol. The minimum atomic E-state index is -0.429. The Morgan fingerprint density at radius 1 is 1.35 bits per heavy atom. The van der Waals surface area contributed by atoms with Crippen molar-refractivity contribution >= 4 is 33.3 Å². The average molecular weight is 294 g/mol. The number of rotatable bonds is 4. The van der Waals surface area contributed by atoms with Crippen molar-refractivity contribution in [3.63, 3.8) is 0 Å². The van der Waals surface area contributed by atoms with Crippen LogP contribution in [0.5, 0.6) is 0 Å². The van der Waals surface area contributed by atoms with E-state index in [2.05, 4.69) is 22.5 Å². The molecule has 17 heavy (non-hydrogen) atoms. The fourth-order valence-electron chi connectivity index (χ4n) is 1.89.